The largest absolute Gasteiger partial charge is 0.204 e. The Morgan fingerprint density at radius 2 is 0.460 bits per heavy atom. The number of hydrogen-bond acceptors (Lipinski definition) is 0. The number of benzene rings is 5. The Bertz CT molecular complexity index is 3120. The van der Waals surface area contributed by atoms with Gasteiger partial charge in [0.05, 0.1) is 0 Å². The minimum Gasteiger partial charge on any atom is -0.204 e. The van der Waals surface area contributed by atoms with Crippen LogP contribution in [0.4, 0.5) is 52.7 Å². The van der Waals surface area contributed by atoms with Gasteiger partial charge in [0.1, 0.15) is 0 Å². The molecule has 0 unspecified atom stereocenters. The van der Waals surface area contributed by atoms with Gasteiger partial charge in [0.25, 0.3) is 0 Å². The average Bonchev–Trinajstić information content (AvgIpc) is 0.822. The summed E-state index contributed by atoms with van der Waals surface area (Å²) in [6, 6.07) is 17.0. The summed E-state index contributed by atoms with van der Waals surface area (Å²) < 4.78 is 160. The van der Waals surface area contributed by atoms with Crippen LogP contribution in [0.1, 0.15) is 318 Å². The highest BCUT2D eigenvalue weighted by Gasteiger charge is 2.34. The second-order valence-corrected chi connectivity index (χ2v) is 32.4. The quantitative estimate of drug-likeness (QED) is 0.0538. The minimum atomic E-state index is -1.42. The van der Waals surface area contributed by atoms with Crippen LogP contribution in [0.3, 0.4) is 0 Å². The van der Waals surface area contributed by atoms with Crippen LogP contribution in [0.25, 0.3) is 11.1 Å². The summed E-state index contributed by atoms with van der Waals surface area (Å²) in [6.45, 7) is 9.10. The van der Waals surface area contributed by atoms with Crippen LogP contribution in [0, 0.1) is 135 Å². The molecular formula is C88H118F12. The average molecular weight is 1400 g/mol. The fourth-order valence-corrected chi connectivity index (χ4v) is 19.7. The molecule has 0 saturated heterocycles. The maximum absolute atomic E-state index is 13.5. The molecule has 0 atom stereocenters. The topological polar surface area (TPSA) is 0 Å². The van der Waals surface area contributed by atoms with Crippen LogP contribution in [0.5, 0.6) is 0 Å². The van der Waals surface area contributed by atoms with Crippen LogP contribution in [0.15, 0.2) is 72.8 Å². The Morgan fingerprint density at radius 1 is 0.230 bits per heavy atom. The summed E-state index contributed by atoms with van der Waals surface area (Å²) >= 11 is 0. The third kappa shape index (κ3) is 23.1. The molecule has 0 bridgehead atoms. The summed E-state index contributed by atoms with van der Waals surface area (Å²) in [5, 5.41) is 0. The van der Waals surface area contributed by atoms with Gasteiger partial charge >= 0.3 is 0 Å². The molecule has 7 fully saturated rings. The Balaban J connectivity index is 0.000000156. The van der Waals surface area contributed by atoms with Gasteiger partial charge in [0.2, 0.25) is 0 Å². The van der Waals surface area contributed by atoms with Crippen molar-refractivity contribution < 1.29 is 52.7 Å². The van der Waals surface area contributed by atoms with E-state index in [4.69, 9.17) is 0 Å². The van der Waals surface area contributed by atoms with Gasteiger partial charge in [0, 0.05) is 0 Å². The summed E-state index contributed by atoms with van der Waals surface area (Å²) in [7, 11) is 0. The van der Waals surface area contributed by atoms with Crippen molar-refractivity contribution in [2.24, 2.45) is 65.1 Å². The van der Waals surface area contributed by atoms with E-state index in [1.807, 2.05) is 24.3 Å². The molecule has 0 amide bonds. The van der Waals surface area contributed by atoms with Crippen molar-refractivity contribution in [3.05, 3.63) is 165 Å². The zero-order valence-electron chi connectivity index (χ0n) is 60.8. The van der Waals surface area contributed by atoms with Crippen molar-refractivity contribution in [3.8, 4) is 11.1 Å². The molecule has 5 aromatic carbocycles. The van der Waals surface area contributed by atoms with Crippen LogP contribution in [0.2, 0.25) is 0 Å². The molecule has 554 valence electrons. The van der Waals surface area contributed by atoms with E-state index in [0.29, 0.717) is 46.1 Å². The fourth-order valence-electron chi connectivity index (χ4n) is 19.7. The zero-order valence-corrected chi connectivity index (χ0v) is 60.8. The Kier molecular flexibility index (Phi) is 31.7. The maximum Gasteiger partial charge on any atom is 0.194 e. The molecule has 0 N–H and O–H groups in total. The van der Waals surface area contributed by atoms with Gasteiger partial charge in [-0.1, -0.05) is 180 Å². The SMILES string of the molecule is CCCC1CCC(C2CCC(CCc3cc(F)c(F)c(F)c3)CC2)CC1.CCCC1CCC(C2CCC(c3cc(F)c(F)c(F)c3)CC2)CC1.CCCC1CCC(CCC2CCC(c3cc(F)c(F)c(F)c3)CC2)CC1.CCCC1CCC(c2ccc(-c3cc(F)c(F)c(F)c3)cc2)CC1. The summed E-state index contributed by atoms with van der Waals surface area (Å²) in [4.78, 5) is 0. The lowest BCUT2D eigenvalue weighted by molar-refractivity contribution is 0.141. The van der Waals surface area contributed by atoms with E-state index in [0.717, 1.165) is 141 Å². The lowest BCUT2D eigenvalue weighted by Crippen LogP contribution is -2.26. The number of rotatable bonds is 20. The Hall–Kier alpha value is -4.74. The lowest BCUT2D eigenvalue weighted by atomic mass is 9.68. The Labute approximate surface area is 593 Å². The first-order valence-electron chi connectivity index (χ1n) is 40.0. The van der Waals surface area contributed by atoms with Gasteiger partial charge in [-0.3, -0.25) is 0 Å². The van der Waals surface area contributed by atoms with Crippen LogP contribution in [-0.2, 0) is 6.42 Å². The van der Waals surface area contributed by atoms with E-state index in [1.54, 1.807) is 0 Å². The molecule has 7 aliphatic carbocycles. The van der Waals surface area contributed by atoms with Gasteiger partial charge < -0.3 is 0 Å². The number of aryl methyl sites for hydroxylation is 1. The normalized spacial score (nSPS) is 28.0. The first kappa shape index (κ1) is 79.4. The highest BCUT2D eigenvalue weighted by molar-refractivity contribution is 5.64. The van der Waals surface area contributed by atoms with Crippen LogP contribution in [-0.4, -0.2) is 0 Å². The van der Waals surface area contributed by atoms with Gasteiger partial charge in [0.15, 0.2) is 69.8 Å². The number of hydrogen-bond donors (Lipinski definition) is 0. The van der Waals surface area contributed by atoms with E-state index in [1.165, 1.54) is 222 Å². The van der Waals surface area contributed by atoms with E-state index >= 15 is 0 Å². The van der Waals surface area contributed by atoms with Gasteiger partial charge in [-0.05, 0) is 293 Å². The molecule has 12 rings (SSSR count). The van der Waals surface area contributed by atoms with Crippen molar-refractivity contribution in [3.63, 3.8) is 0 Å². The third-order valence-electron chi connectivity index (χ3n) is 25.7. The molecule has 0 aliphatic heterocycles. The Morgan fingerprint density at radius 3 is 0.770 bits per heavy atom. The van der Waals surface area contributed by atoms with Crippen molar-refractivity contribution in [2.45, 2.75) is 302 Å². The third-order valence-corrected chi connectivity index (χ3v) is 25.7. The second kappa shape index (κ2) is 39.9. The predicted octanol–water partition coefficient (Wildman–Crippen LogP) is 29.0. The molecule has 100 heavy (non-hydrogen) atoms. The first-order chi connectivity index (χ1) is 48.3. The van der Waals surface area contributed by atoms with Crippen LogP contribution >= 0.6 is 0 Å². The molecule has 0 aromatic heterocycles. The second-order valence-electron chi connectivity index (χ2n) is 32.4. The zero-order chi connectivity index (χ0) is 71.2. The van der Waals surface area contributed by atoms with Crippen molar-refractivity contribution in [1.82, 2.24) is 0 Å². The van der Waals surface area contributed by atoms with Crippen molar-refractivity contribution in [1.29, 1.82) is 0 Å². The van der Waals surface area contributed by atoms with Gasteiger partial charge in [-0.2, -0.15) is 0 Å². The monoisotopic (exact) mass is 1400 g/mol. The molecular weight excluding hydrogens is 1280 g/mol. The maximum atomic E-state index is 13.5. The molecule has 0 spiro atoms. The smallest absolute Gasteiger partial charge is 0.194 e. The van der Waals surface area contributed by atoms with E-state index in [9.17, 15) is 52.7 Å². The minimum absolute atomic E-state index is 0.181. The molecule has 7 saturated carbocycles. The molecule has 12 heteroatoms. The molecule has 0 heterocycles. The summed E-state index contributed by atoms with van der Waals surface area (Å²) in [5.41, 5.74) is 4.21. The molecule has 7 aliphatic rings. The standard InChI is InChI=1S/2C23H33F3.C21H29F3.C21H23F3/c1-2-3-16-4-6-17(7-5-16)8-9-18-10-12-19(13-11-18)20-14-21(24)23(26)22(25)15-20;1-2-3-16-6-10-19(11-7-16)20-12-8-17(9-13-20)4-5-18-14-21(24)23(26)22(25)15-18;2*1-2-3-14-4-6-15(7-5-14)16-8-10-17(11-9-16)18-12-19(22)21(24)20(23)13-18/h14-19H,2-13H2,1H3;14-17,19-20H,2-13H2,1H3;12-17H,2-11H2,1H3;8-15H,2-7H2,1H3. The molecule has 0 radical (unpaired) electrons. The summed E-state index contributed by atoms with van der Waals surface area (Å²) in [6.07, 6.45) is 50.4. The fraction of sp³-hybridized carbons (Fsp3) is 0.659. The van der Waals surface area contributed by atoms with Crippen molar-refractivity contribution >= 4 is 0 Å². The predicted molar refractivity (Wildman–Crippen MR) is 384 cm³/mol. The number of halogens is 12. The molecule has 5 aromatic rings. The molecule has 0 nitrogen and oxygen atoms in total. The first-order valence-corrected chi connectivity index (χ1v) is 40.0. The summed E-state index contributed by atoms with van der Waals surface area (Å²) in [5.74, 6) is -3.64. The van der Waals surface area contributed by atoms with Crippen LogP contribution < -0.4 is 0 Å². The van der Waals surface area contributed by atoms with Crippen molar-refractivity contribution in [2.75, 3.05) is 0 Å². The van der Waals surface area contributed by atoms with Gasteiger partial charge in [-0.15, -0.1) is 0 Å². The highest BCUT2D eigenvalue weighted by atomic mass is 19.2. The van der Waals surface area contributed by atoms with E-state index < -0.39 is 69.8 Å². The van der Waals surface area contributed by atoms with Gasteiger partial charge in [-0.25, -0.2) is 52.7 Å². The van der Waals surface area contributed by atoms with E-state index in [-0.39, 0.29) is 11.8 Å². The lowest BCUT2D eigenvalue weighted by Gasteiger charge is -2.38. The highest BCUT2D eigenvalue weighted by Crippen LogP contribution is 2.47. The van der Waals surface area contributed by atoms with E-state index in [2.05, 4.69) is 27.7 Å².